The molecule has 1 unspecified atom stereocenters. The lowest BCUT2D eigenvalue weighted by Gasteiger charge is -2.26. The second-order valence-electron chi connectivity index (χ2n) is 8.19. The van der Waals surface area contributed by atoms with Crippen LogP contribution in [0.3, 0.4) is 0 Å². The van der Waals surface area contributed by atoms with Crippen LogP contribution in [0.15, 0.2) is 72.3 Å². The molecular formula is C28H25NO7. The Morgan fingerprint density at radius 3 is 2.28 bits per heavy atom. The molecule has 1 N–H and O–H groups in total. The minimum absolute atomic E-state index is 0.0887. The van der Waals surface area contributed by atoms with E-state index in [0.717, 1.165) is 5.56 Å². The maximum absolute atomic E-state index is 13.4. The van der Waals surface area contributed by atoms with Crippen molar-refractivity contribution >= 4 is 29.1 Å². The van der Waals surface area contributed by atoms with Gasteiger partial charge in [-0.05, 0) is 61.0 Å². The summed E-state index contributed by atoms with van der Waals surface area (Å²) < 4.78 is 15.5. The summed E-state index contributed by atoms with van der Waals surface area (Å²) in [5.74, 6) is -1.67. The summed E-state index contributed by atoms with van der Waals surface area (Å²) in [5, 5.41) is 11.4. The molecule has 1 fully saturated rings. The van der Waals surface area contributed by atoms with E-state index in [4.69, 9.17) is 14.2 Å². The highest BCUT2D eigenvalue weighted by Crippen LogP contribution is 2.44. The summed E-state index contributed by atoms with van der Waals surface area (Å²) in [4.78, 5) is 39.9. The number of methoxy groups -OCH3 is 3. The first-order chi connectivity index (χ1) is 17.3. The third-order valence-corrected chi connectivity index (χ3v) is 6.03. The Kier molecular flexibility index (Phi) is 6.78. The topological polar surface area (TPSA) is 102 Å². The molecule has 0 spiro atoms. The first kappa shape index (κ1) is 24.5. The molecule has 3 aromatic rings. The van der Waals surface area contributed by atoms with Crippen LogP contribution in [0.4, 0.5) is 5.69 Å². The molecule has 0 aromatic heterocycles. The van der Waals surface area contributed by atoms with E-state index in [9.17, 15) is 19.5 Å². The quantitative estimate of drug-likeness (QED) is 0.238. The van der Waals surface area contributed by atoms with Gasteiger partial charge in [0.15, 0.2) is 0 Å². The van der Waals surface area contributed by atoms with Crippen molar-refractivity contribution < 1.29 is 33.7 Å². The Morgan fingerprint density at radius 1 is 0.917 bits per heavy atom. The first-order valence-corrected chi connectivity index (χ1v) is 11.1. The number of aliphatic hydroxyl groups excluding tert-OH is 1. The number of aryl methyl sites for hydroxylation is 1. The lowest BCUT2D eigenvalue weighted by molar-refractivity contribution is -0.132. The van der Waals surface area contributed by atoms with Crippen molar-refractivity contribution in [1.29, 1.82) is 0 Å². The Balaban J connectivity index is 1.95. The van der Waals surface area contributed by atoms with Crippen molar-refractivity contribution in [1.82, 2.24) is 0 Å². The van der Waals surface area contributed by atoms with Crippen LogP contribution in [0.5, 0.6) is 11.5 Å². The molecule has 8 heteroatoms. The maximum Gasteiger partial charge on any atom is 0.337 e. The van der Waals surface area contributed by atoms with E-state index in [1.54, 1.807) is 48.5 Å². The van der Waals surface area contributed by atoms with Crippen LogP contribution in [-0.2, 0) is 14.3 Å². The maximum atomic E-state index is 13.4. The predicted molar refractivity (Wildman–Crippen MR) is 133 cm³/mol. The van der Waals surface area contributed by atoms with Crippen molar-refractivity contribution in [2.45, 2.75) is 13.0 Å². The summed E-state index contributed by atoms with van der Waals surface area (Å²) in [6.07, 6.45) is 0. The van der Waals surface area contributed by atoms with E-state index in [2.05, 4.69) is 0 Å². The molecule has 3 aromatic carbocycles. The highest BCUT2D eigenvalue weighted by Gasteiger charge is 2.47. The number of ether oxygens (including phenoxy) is 3. The molecule has 8 nitrogen and oxygen atoms in total. The van der Waals surface area contributed by atoms with Crippen molar-refractivity contribution in [2.24, 2.45) is 0 Å². The molecule has 0 radical (unpaired) electrons. The smallest absolute Gasteiger partial charge is 0.337 e. The standard InChI is InChI=1S/C28H25NO7/c1-16-8-13-22(35-3)21(14-16)25(30)23-24(18-6-5-7-20(15-18)34-2)29(27(32)26(23)31)19-11-9-17(10-12-19)28(33)36-4/h5-15,24,30H,1-4H3/b25-23+. The number of hydrogen-bond acceptors (Lipinski definition) is 7. The van der Waals surface area contributed by atoms with Gasteiger partial charge >= 0.3 is 5.97 Å². The normalized spacial score (nSPS) is 16.7. The van der Waals surface area contributed by atoms with Crippen LogP contribution in [0, 0.1) is 6.92 Å². The van der Waals surface area contributed by atoms with E-state index < -0.39 is 23.7 Å². The van der Waals surface area contributed by atoms with Gasteiger partial charge in [0, 0.05) is 5.69 Å². The number of esters is 1. The second kappa shape index (κ2) is 9.95. The number of anilines is 1. The van der Waals surface area contributed by atoms with E-state index in [1.165, 1.54) is 38.4 Å². The summed E-state index contributed by atoms with van der Waals surface area (Å²) in [7, 11) is 4.25. The van der Waals surface area contributed by atoms with E-state index in [0.29, 0.717) is 33.9 Å². The molecule has 1 aliphatic heterocycles. The van der Waals surface area contributed by atoms with Gasteiger partial charge in [0.05, 0.1) is 44.1 Å². The minimum Gasteiger partial charge on any atom is -0.507 e. The van der Waals surface area contributed by atoms with Crippen LogP contribution in [0.25, 0.3) is 5.76 Å². The zero-order valence-corrected chi connectivity index (χ0v) is 20.3. The molecule has 184 valence electrons. The van der Waals surface area contributed by atoms with Crippen LogP contribution < -0.4 is 14.4 Å². The zero-order valence-electron chi connectivity index (χ0n) is 20.3. The van der Waals surface area contributed by atoms with Gasteiger partial charge in [-0.1, -0.05) is 23.8 Å². The van der Waals surface area contributed by atoms with Crippen LogP contribution >= 0.6 is 0 Å². The highest BCUT2D eigenvalue weighted by atomic mass is 16.5. The molecule has 4 rings (SSSR count). The Hall–Kier alpha value is -4.59. The average Bonchev–Trinajstić information content (AvgIpc) is 3.18. The highest BCUT2D eigenvalue weighted by molar-refractivity contribution is 6.51. The molecule has 0 saturated carbocycles. The predicted octanol–water partition coefficient (Wildman–Crippen LogP) is 4.43. The fourth-order valence-electron chi connectivity index (χ4n) is 4.25. The van der Waals surface area contributed by atoms with Gasteiger partial charge in [0.1, 0.15) is 17.3 Å². The van der Waals surface area contributed by atoms with Crippen LogP contribution in [0.2, 0.25) is 0 Å². The number of rotatable bonds is 6. The zero-order chi connectivity index (χ0) is 26.0. The number of nitrogens with zero attached hydrogens (tertiary/aromatic N) is 1. The second-order valence-corrected chi connectivity index (χ2v) is 8.19. The fourth-order valence-corrected chi connectivity index (χ4v) is 4.25. The summed E-state index contributed by atoms with van der Waals surface area (Å²) in [6, 6.07) is 17.3. The number of ketones is 1. The number of benzene rings is 3. The third-order valence-electron chi connectivity index (χ3n) is 6.03. The van der Waals surface area contributed by atoms with Gasteiger partial charge in [0.25, 0.3) is 11.7 Å². The van der Waals surface area contributed by atoms with Gasteiger partial charge in [-0.2, -0.15) is 0 Å². The number of amides is 1. The van der Waals surface area contributed by atoms with Crippen molar-refractivity contribution in [3.63, 3.8) is 0 Å². The van der Waals surface area contributed by atoms with Crippen LogP contribution in [-0.4, -0.2) is 44.1 Å². The molecule has 1 aliphatic rings. The lowest BCUT2D eigenvalue weighted by atomic mass is 9.94. The number of Topliss-reactive ketones (excluding diaryl/α,β-unsaturated/α-hetero) is 1. The molecule has 1 amide bonds. The average molecular weight is 488 g/mol. The summed E-state index contributed by atoms with van der Waals surface area (Å²) in [6.45, 7) is 1.84. The molecule has 1 heterocycles. The lowest BCUT2D eigenvalue weighted by Crippen LogP contribution is -2.29. The van der Waals surface area contributed by atoms with Crippen LogP contribution in [0.1, 0.15) is 33.1 Å². The molecule has 0 aliphatic carbocycles. The molecular weight excluding hydrogens is 462 g/mol. The van der Waals surface area contributed by atoms with Crippen molar-refractivity contribution in [2.75, 3.05) is 26.2 Å². The van der Waals surface area contributed by atoms with E-state index in [1.807, 2.05) is 13.0 Å². The first-order valence-electron chi connectivity index (χ1n) is 11.1. The van der Waals surface area contributed by atoms with E-state index in [-0.39, 0.29) is 11.3 Å². The Labute approximate surface area is 208 Å². The number of aliphatic hydroxyl groups is 1. The van der Waals surface area contributed by atoms with Gasteiger partial charge < -0.3 is 19.3 Å². The van der Waals surface area contributed by atoms with Gasteiger partial charge in [-0.15, -0.1) is 0 Å². The minimum atomic E-state index is -0.964. The summed E-state index contributed by atoms with van der Waals surface area (Å²) in [5.41, 5.74) is 2.26. The monoisotopic (exact) mass is 487 g/mol. The van der Waals surface area contributed by atoms with E-state index >= 15 is 0 Å². The van der Waals surface area contributed by atoms with Gasteiger partial charge in [0.2, 0.25) is 0 Å². The fraction of sp³-hybridized carbons (Fsp3) is 0.179. The summed E-state index contributed by atoms with van der Waals surface area (Å²) >= 11 is 0. The largest absolute Gasteiger partial charge is 0.507 e. The SMILES string of the molecule is COC(=O)c1ccc(N2C(=O)C(=O)/C(=C(/O)c3cc(C)ccc3OC)C2c2cccc(OC)c2)cc1. The van der Waals surface area contributed by atoms with Crippen molar-refractivity contribution in [3.8, 4) is 11.5 Å². The number of carbonyl (C=O) groups is 3. The van der Waals surface area contributed by atoms with Gasteiger partial charge in [-0.25, -0.2) is 4.79 Å². The number of carbonyl (C=O) groups excluding carboxylic acids is 3. The molecule has 36 heavy (non-hydrogen) atoms. The van der Waals surface area contributed by atoms with Gasteiger partial charge in [-0.3, -0.25) is 14.5 Å². The third kappa shape index (κ3) is 4.29. The molecule has 1 saturated heterocycles. The molecule has 1 atom stereocenters. The number of hydrogen-bond donors (Lipinski definition) is 1. The van der Waals surface area contributed by atoms with Crippen molar-refractivity contribution in [3.05, 3.63) is 94.6 Å². The molecule has 0 bridgehead atoms. The Morgan fingerprint density at radius 2 is 1.64 bits per heavy atom. The Bertz CT molecular complexity index is 1370.